The van der Waals surface area contributed by atoms with Gasteiger partial charge in [-0.15, -0.1) is 0 Å². The maximum atomic E-state index is 3.85. The Kier molecular flexibility index (Phi) is 2.17. The summed E-state index contributed by atoms with van der Waals surface area (Å²) in [5.41, 5.74) is 1.99. The van der Waals surface area contributed by atoms with Crippen molar-refractivity contribution in [3.05, 3.63) is 24.3 Å². The van der Waals surface area contributed by atoms with E-state index in [0.717, 1.165) is 17.8 Å². The van der Waals surface area contributed by atoms with Crippen LogP contribution in [-0.2, 0) is 0 Å². The molecule has 0 radical (unpaired) electrons. The Bertz CT molecular complexity index is 463. The van der Waals surface area contributed by atoms with E-state index in [0.29, 0.717) is 10.8 Å². The molecule has 1 aromatic rings. The average Bonchev–Trinajstić information content (AvgIpc) is 2.81. The Morgan fingerprint density at radius 3 is 2.21 bits per heavy atom. The Morgan fingerprint density at radius 1 is 0.947 bits per heavy atom. The molecule has 1 nitrogen and oxygen atoms in total. The summed E-state index contributed by atoms with van der Waals surface area (Å²) in [5.74, 6) is 3.16. The number of nitrogens with one attached hydrogen (secondary N) is 1. The van der Waals surface area contributed by atoms with Gasteiger partial charge >= 0.3 is 0 Å². The summed E-state index contributed by atoms with van der Waals surface area (Å²) >= 11 is 2.11. The van der Waals surface area contributed by atoms with Crippen molar-refractivity contribution in [1.29, 1.82) is 0 Å². The normalized spacial score (nSPS) is 46.1. The lowest BCUT2D eigenvalue weighted by atomic mass is 9.49. The van der Waals surface area contributed by atoms with Crippen LogP contribution in [-0.4, -0.2) is 5.37 Å². The molecule has 1 N–H and O–H groups in total. The van der Waals surface area contributed by atoms with Crippen molar-refractivity contribution in [3.63, 3.8) is 0 Å². The number of thioether (sulfide) groups is 1. The van der Waals surface area contributed by atoms with Crippen molar-refractivity contribution in [2.75, 3.05) is 5.32 Å². The van der Waals surface area contributed by atoms with Crippen LogP contribution in [0.25, 0.3) is 0 Å². The summed E-state index contributed by atoms with van der Waals surface area (Å²) in [7, 11) is 0. The summed E-state index contributed by atoms with van der Waals surface area (Å²) < 4.78 is 0. The van der Waals surface area contributed by atoms with Gasteiger partial charge in [-0.25, -0.2) is 0 Å². The molecule has 5 aliphatic rings. The monoisotopic (exact) mass is 271 g/mol. The zero-order chi connectivity index (χ0) is 12.4. The number of hydrogen-bond donors (Lipinski definition) is 1. The largest absolute Gasteiger partial charge is 0.372 e. The second kappa shape index (κ2) is 3.72. The van der Waals surface area contributed by atoms with Gasteiger partial charge < -0.3 is 5.32 Å². The maximum Gasteiger partial charge on any atom is 0.0826 e. The first-order valence-electron chi connectivity index (χ1n) is 7.83. The van der Waals surface area contributed by atoms with Gasteiger partial charge in [-0.05, 0) is 68.4 Å². The maximum absolute atomic E-state index is 3.85. The van der Waals surface area contributed by atoms with Crippen LogP contribution in [0.15, 0.2) is 29.2 Å². The molecule has 1 atom stereocenters. The van der Waals surface area contributed by atoms with E-state index in [-0.39, 0.29) is 0 Å². The van der Waals surface area contributed by atoms with E-state index in [9.17, 15) is 0 Å². The van der Waals surface area contributed by atoms with Crippen molar-refractivity contribution < 1.29 is 0 Å². The highest BCUT2D eigenvalue weighted by Gasteiger charge is 2.55. The van der Waals surface area contributed by atoms with Crippen LogP contribution in [0.5, 0.6) is 0 Å². The van der Waals surface area contributed by atoms with Crippen LogP contribution in [0.3, 0.4) is 0 Å². The first kappa shape index (κ1) is 11.1. The molecule has 4 aliphatic carbocycles. The van der Waals surface area contributed by atoms with E-state index >= 15 is 0 Å². The second-order valence-electron chi connectivity index (χ2n) is 7.42. The third-order valence-electron chi connectivity index (χ3n) is 6.06. The van der Waals surface area contributed by atoms with Crippen molar-refractivity contribution in [3.8, 4) is 0 Å². The van der Waals surface area contributed by atoms with Crippen LogP contribution in [0.4, 0.5) is 5.69 Å². The van der Waals surface area contributed by atoms with Gasteiger partial charge in [0.2, 0.25) is 0 Å². The van der Waals surface area contributed by atoms with Gasteiger partial charge in [0.1, 0.15) is 0 Å². The summed E-state index contributed by atoms with van der Waals surface area (Å²) in [5, 5.41) is 4.51. The molecule has 0 aromatic heterocycles. The van der Waals surface area contributed by atoms with Gasteiger partial charge in [-0.2, -0.15) is 0 Å². The fraction of sp³-hybridized carbons (Fsp3) is 0.647. The van der Waals surface area contributed by atoms with Crippen LogP contribution >= 0.6 is 11.8 Å². The molecule has 4 fully saturated rings. The molecule has 0 unspecified atom stereocenters. The minimum absolute atomic E-state index is 0.610. The average molecular weight is 271 g/mol. The van der Waals surface area contributed by atoms with Crippen molar-refractivity contribution in [1.82, 2.24) is 0 Å². The molecule has 100 valence electrons. The first-order valence-corrected chi connectivity index (χ1v) is 8.71. The van der Waals surface area contributed by atoms with Gasteiger partial charge in [-0.1, -0.05) is 23.9 Å². The molecule has 19 heavy (non-hydrogen) atoms. The molecule has 0 amide bonds. The zero-order valence-corrected chi connectivity index (χ0v) is 12.1. The Labute approximate surface area is 119 Å². The van der Waals surface area contributed by atoms with Crippen molar-refractivity contribution in [2.24, 2.45) is 23.2 Å². The molecule has 6 rings (SSSR count). The van der Waals surface area contributed by atoms with Crippen LogP contribution in [0.1, 0.15) is 38.5 Å². The van der Waals surface area contributed by atoms with Gasteiger partial charge in [0, 0.05) is 16.0 Å². The topological polar surface area (TPSA) is 12.0 Å². The van der Waals surface area contributed by atoms with Crippen LogP contribution in [0.2, 0.25) is 0 Å². The second-order valence-corrected chi connectivity index (χ2v) is 8.57. The molecular weight excluding hydrogens is 250 g/mol. The summed E-state index contributed by atoms with van der Waals surface area (Å²) in [6.07, 6.45) is 9.13. The van der Waals surface area contributed by atoms with E-state index in [4.69, 9.17) is 0 Å². The lowest BCUT2D eigenvalue weighted by Gasteiger charge is -2.58. The lowest BCUT2D eigenvalue weighted by molar-refractivity contribution is -0.0495. The van der Waals surface area contributed by atoms with Gasteiger partial charge in [-0.3, -0.25) is 0 Å². The highest BCUT2D eigenvalue weighted by molar-refractivity contribution is 8.00. The van der Waals surface area contributed by atoms with Crippen LogP contribution < -0.4 is 5.32 Å². The predicted molar refractivity (Wildman–Crippen MR) is 80.3 cm³/mol. The smallest absolute Gasteiger partial charge is 0.0826 e. The molecule has 0 saturated heterocycles. The molecule has 1 aromatic carbocycles. The number of anilines is 1. The highest BCUT2D eigenvalue weighted by atomic mass is 32.2. The molecule has 4 bridgehead atoms. The summed E-state index contributed by atoms with van der Waals surface area (Å²) in [6, 6.07) is 8.88. The first-order chi connectivity index (χ1) is 9.31. The highest BCUT2D eigenvalue weighted by Crippen LogP contribution is 2.64. The lowest BCUT2D eigenvalue weighted by Crippen LogP contribution is -2.52. The van der Waals surface area contributed by atoms with Gasteiger partial charge in [0.25, 0.3) is 0 Å². The van der Waals surface area contributed by atoms with E-state index in [1.165, 1.54) is 29.8 Å². The molecule has 1 aliphatic heterocycles. The predicted octanol–water partition coefficient (Wildman–Crippen LogP) is 4.75. The summed E-state index contributed by atoms with van der Waals surface area (Å²) in [6.45, 7) is 0. The van der Waals surface area contributed by atoms with E-state index in [1.807, 2.05) is 0 Å². The standard InChI is InChI=1S/C17H21NS/c1-2-4-15-14(3-1)18-16(19-15)17-8-11-5-12(9-17)7-13(6-11)10-17/h1-4,11-13,16,18H,5-10H2/t11?,12?,13?,16-,17?/m1/s1. The SMILES string of the molecule is c1ccc2c(c1)N[C@@H](C13CC4CC(CC(C4)C1)C3)S2. The third kappa shape index (κ3) is 1.55. The number of rotatable bonds is 1. The molecular formula is C17H21NS. The summed E-state index contributed by atoms with van der Waals surface area (Å²) in [4.78, 5) is 1.48. The van der Waals surface area contributed by atoms with Crippen molar-refractivity contribution >= 4 is 17.4 Å². The number of benzene rings is 1. The fourth-order valence-electron chi connectivity index (χ4n) is 5.76. The van der Waals surface area contributed by atoms with E-state index in [2.05, 4.69) is 41.3 Å². The van der Waals surface area contributed by atoms with Gasteiger partial charge in [0.15, 0.2) is 0 Å². The Morgan fingerprint density at radius 2 is 1.58 bits per heavy atom. The Balaban J connectivity index is 1.48. The molecule has 0 spiro atoms. The van der Waals surface area contributed by atoms with E-state index < -0.39 is 0 Å². The minimum Gasteiger partial charge on any atom is -0.372 e. The van der Waals surface area contributed by atoms with E-state index in [1.54, 1.807) is 19.3 Å². The van der Waals surface area contributed by atoms with Crippen molar-refractivity contribution in [2.45, 2.75) is 48.8 Å². The van der Waals surface area contributed by atoms with Crippen LogP contribution in [0, 0.1) is 23.2 Å². The fourth-order valence-corrected chi connectivity index (χ4v) is 7.15. The number of hydrogen-bond acceptors (Lipinski definition) is 2. The Hall–Kier alpha value is -0.630. The quantitative estimate of drug-likeness (QED) is 0.791. The number of fused-ring (bicyclic) bond motifs is 1. The van der Waals surface area contributed by atoms with Gasteiger partial charge in [0.05, 0.1) is 5.37 Å². The molecule has 4 saturated carbocycles. The molecule has 2 heteroatoms. The zero-order valence-electron chi connectivity index (χ0n) is 11.3. The minimum atomic E-state index is 0.610. The third-order valence-corrected chi connectivity index (χ3v) is 7.52. The number of para-hydroxylation sites is 1. The molecule has 1 heterocycles.